The van der Waals surface area contributed by atoms with Crippen LogP contribution in [0.25, 0.3) is 15.9 Å². The van der Waals surface area contributed by atoms with Crippen LogP contribution >= 0.6 is 23.1 Å². The fraction of sp³-hybridized carbons (Fsp3) is 0.500. The monoisotopic (exact) mass is 500 g/mol. The van der Waals surface area contributed by atoms with Gasteiger partial charge in [-0.3, -0.25) is 14.2 Å². The van der Waals surface area contributed by atoms with Crippen LogP contribution < -0.4 is 5.56 Å². The van der Waals surface area contributed by atoms with E-state index in [1.807, 2.05) is 31.2 Å². The Labute approximate surface area is 208 Å². The molecule has 1 atom stereocenters. The number of thiophene rings is 1. The second-order valence-electron chi connectivity index (χ2n) is 9.02. The minimum Gasteiger partial charge on any atom is -0.465 e. The number of fused-ring (bicyclic) bond motifs is 3. The molecule has 3 heterocycles. The number of aromatic nitrogens is 2. The van der Waals surface area contributed by atoms with E-state index in [1.165, 1.54) is 23.1 Å². The van der Waals surface area contributed by atoms with Crippen LogP contribution in [0.15, 0.2) is 34.2 Å². The maximum absolute atomic E-state index is 14.0. The van der Waals surface area contributed by atoms with Gasteiger partial charge in [-0.15, -0.1) is 11.3 Å². The Bertz CT molecular complexity index is 1230. The highest BCUT2D eigenvalue weighted by molar-refractivity contribution is 7.99. The Morgan fingerprint density at radius 2 is 2.12 bits per heavy atom. The molecule has 0 aliphatic carbocycles. The van der Waals surface area contributed by atoms with E-state index >= 15 is 0 Å². The summed E-state index contributed by atoms with van der Waals surface area (Å²) >= 11 is 2.78. The van der Waals surface area contributed by atoms with Crippen LogP contribution in [0.1, 0.15) is 56.0 Å². The van der Waals surface area contributed by atoms with Gasteiger partial charge in [0.1, 0.15) is 4.83 Å². The number of hydrogen-bond donors (Lipinski definition) is 0. The first-order valence-corrected chi connectivity index (χ1v) is 13.7. The molecule has 182 valence electrons. The normalized spacial score (nSPS) is 15.6. The molecule has 3 aromatic rings. The molecule has 0 saturated carbocycles. The number of aryl methyl sites for hydroxylation is 1. The predicted molar refractivity (Wildman–Crippen MR) is 138 cm³/mol. The molecule has 6 nitrogen and oxygen atoms in total. The summed E-state index contributed by atoms with van der Waals surface area (Å²) < 4.78 is 13.1. The zero-order valence-corrected chi connectivity index (χ0v) is 21.9. The topological polar surface area (TPSA) is 70.4 Å². The maximum atomic E-state index is 14.0. The molecule has 1 unspecified atom stereocenters. The third-order valence-electron chi connectivity index (χ3n) is 6.14. The van der Waals surface area contributed by atoms with Crippen LogP contribution in [0.2, 0.25) is 0 Å². The Morgan fingerprint density at radius 1 is 1.32 bits per heavy atom. The largest absolute Gasteiger partial charge is 0.465 e. The van der Waals surface area contributed by atoms with E-state index in [-0.39, 0.29) is 23.4 Å². The average Bonchev–Trinajstić information content (AvgIpc) is 3.19. The molecule has 1 aromatic carbocycles. The van der Waals surface area contributed by atoms with E-state index < -0.39 is 0 Å². The minimum atomic E-state index is -0.287. The molecular weight excluding hydrogens is 468 g/mol. The van der Waals surface area contributed by atoms with Crippen LogP contribution in [0.4, 0.5) is 0 Å². The summed E-state index contributed by atoms with van der Waals surface area (Å²) in [5, 5.41) is 1.20. The van der Waals surface area contributed by atoms with Crippen LogP contribution in [-0.2, 0) is 27.3 Å². The van der Waals surface area contributed by atoms with Gasteiger partial charge in [-0.05, 0) is 36.5 Å². The second-order valence-corrected chi connectivity index (χ2v) is 11.0. The minimum absolute atomic E-state index is 0.0833. The lowest BCUT2D eigenvalue weighted by molar-refractivity contribution is -0.140. The fourth-order valence-electron chi connectivity index (χ4n) is 4.16. The third kappa shape index (κ3) is 5.24. The molecule has 2 aromatic heterocycles. The molecule has 8 heteroatoms. The van der Waals surface area contributed by atoms with Crippen LogP contribution in [0.3, 0.4) is 0 Å². The molecule has 1 aliphatic heterocycles. The Morgan fingerprint density at radius 3 is 2.85 bits per heavy atom. The summed E-state index contributed by atoms with van der Waals surface area (Å²) in [6.07, 6.45) is 3.79. The van der Waals surface area contributed by atoms with E-state index in [1.54, 1.807) is 4.57 Å². The van der Waals surface area contributed by atoms with Gasteiger partial charge in [0.05, 0.1) is 36.1 Å². The Kier molecular flexibility index (Phi) is 8.11. The summed E-state index contributed by atoms with van der Waals surface area (Å²) in [7, 11) is 0. The molecule has 0 saturated heterocycles. The van der Waals surface area contributed by atoms with Crippen molar-refractivity contribution in [2.24, 2.45) is 5.92 Å². The van der Waals surface area contributed by atoms with Gasteiger partial charge < -0.3 is 9.47 Å². The smallest absolute Gasteiger partial charge is 0.316 e. The number of rotatable bonds is 9. The lowest BCUT2D eigenvalue weighted by atomic mass is 9.96. The molecule has 0 spiro atoms. The first-order valence-electron chi connectivity index (χ1n) is 11.9. The van der Waals surface area contributed by atoms with Gasteiger partial charge in [0, 0.05) is 11.3 Å². The number of esters is 1. The standard InChI is InChI=1S/C26H32N2O4S2/c1-5-6-9-12-31-22(29)15-33-26-27-24-23(18-13-20(16(2)3)32-14-21(18)34-24)25(30)28(26)19-11-8-7-10-17(19)4/h7-8,10-11,16,20H,5-6,9,12-15H2,1-4H3. The van der Waals surface area contributed by atoms with Crippen molar-refractivity contribution in [2.45, 2.75) is 71.2 Å². The quantitative estimate of drug-likeness (QED) is 0.163. The molecule has 0 amide bonds. The number of para-hydroxylation sites is 1. The number of carbonyl (C=O) groups is 1. The lowest BCUT2D eigenvalue weighted by Crippen LogP contribution is -2.28. The van der Waals surface area contributed by atoms with Crippen molar-refractivity contribution in [3.63, 3.8) is 0 Å². The summed E-state index contributed by atoms with van der Waals surface area (Å²) in [5.74, 6) is 0.192. The molecular formula is C26H32N2O4S2. The van der Waals surface area contributed by atoms with Gasteiger partial charge in [-0.1, -0.05) is 63.6 Å². The highest BCUT2D eigenvalue weighted by Gasteiger charge is 2.29. The van der Waals surface area contributed by atoms with E-state index in [9.17, 15) is 9.59 Å². The number of nitrogens with zero attached hydrogens (tertiary/aromatic N) is 2. The summed E-state index contributed by atoms with van der Waals surface area (Å²) in [4.78, 5) is 33.0. The SMILES string of the molecule is CCCCCOC(=O)CSc1nc2sc3c(c2c(=O)n1-c1ccccc1C)CC(C(C)C)OC3. The van der Waals surface area contributed by atoms with E-state index in [4.69, 9.17) is 14.5 Å². The van der Waals surface area contributed by atoms with Crippen molar-refractivity contribution in [1.29, 1.82) is 0 Å². The van der Waals surface area contributed by atoms with Gasteiger partial charge >= 0.3 is 5.97 Å². The van der Waals surface area contributed by atoms with Gasteiger partial charge in [0.25, 0.3) is 5.56 Å². The summed E-state index contributed by atoms with van der Waals surface area (Å²) in [5.41, 5.74) is 2.74. The predicted octanol–water partition coefficient (Wildman–Crippen LogP) is 5.68. The van der Waals surface area contributed by atoms with Gasteiger partial charge in [0.2, 0.25) is 0 Å². The van der Waals surface area contributed by atoms with Gasteiger partial charge in [-0.25, -0.2) is 4.98 Å². The zero-order valence-electron chi connectivity index (χ0n) is 20.3. The molecule has 34 heavy (non-hydrogen) atoms. The molecule has 0 N–H and O–H groups in total. The average molecular weight is 501 g/mol. The van der Waals surface area contributed by atoms with Crippen LogP contribution in [0, 0.1) is 12.8 Å². The maximum Gasteiger partial charge on any atom is 0.316 e. The number of thioether (sulfide) groups is 1. The number of carbonyl (C=O) groups excluding carboxylic acids is 1. The first-order chi connectivity index (χ1) is 16.4. The van der Waals surface area contributed by atoms with Crippen molar-refractivity contribution < 1.29 is 14.3 Å². The first kappa shape index (κ1) is 24.9. The van der Waals surface area contributed by atoms with E-state index in [0.717, 1.165) is 41.0 Å². The van der Waals surface area contributed by atoms with E-state index in [2.05, 4.69) is 20.8 Å². The lowest BCUT2D eigenvalue weighted by Gasteiger charge is -2.26. The zero-order chi connectivity index (χ0) is 24.2. The number of ether oxygens (including phenoxy) is 2. The third-order valence-corrected chi connectivity index (χ3v) is 8.15. The van der Waals surface area contributed by atoms with E-state index in [0.29, 0.717) is 40.9 Å². The van der Waals surface area contributed by atoms with Crippen molar-refractivity contribution in [2.75, 3.05) is 12.4 Å². The number of unbranched alkanes of at least 4 members (excludes halogenated alkanes) is 2. The van der Waals surface area contributed by atoms with Crippen molar-refractivity contribution >= 4 is 39.3 Å². The number of hydrogen-bond acceptors (Lipinski definition) is 7. The fourth-order valence-corrected chi connectivity index (χ4v) is 6.13. The Balaban J connectivity index is 1.73. The van der Waals surface area contributed by atoms with Gasteiger partial charge in [0.15, 0.2) is 5.16 Å². The molecule has 0 bridgehead atoms. The van der Waals surface area contributed by atoms with Crippen molar-refractivity contribution in [3.8, 4) is 5.69 Å². The van der Waals surface area contributed by atoms with Crippen molar-refractivity contribution in [3.05, 3.63) is 50.6 Å². The van der Waals surface area contributed by atoms with Crippen molar-refractivity contribution in [1.82, 2.24) is 9.55 Å². The molecule has 0 radical (unpaired) electrons. The van der Waals surface area contributed by atoms with Crippen LogP contribution in [0.5, 0.6) is 0 Å². The molecule has 1 aliphatic rings. The summed E-state index contributed by atoms with van der Waals surface area (Å²) in [6.45, 7) is 9.32. The Hall–Kier alpha value is -2.16. The van der Waals surface area contributed by atoms with Crippen LogP contribution in [-0.4, -0.2) is 34.0 Å². The summed E-state index contributed by atoms with van der Waals surface area (Å²) in [6, 6.07) is 7.78. The van der Waals surface area contributed by atoms with Gasteiger partial charge in [-0.2, -0.15) is 0 Å². The molecule has 0 fully saturated rings. The second kappa shape index (κ2) is 11.1. The highest BCUT2D eigenvalue weighted by Crippen LogP contribution is 2.36. The number of benzene rings is 1. The highest BCUT2D eigenvalue weighted by atomic mass is 32.2. The molecule has 4 rings (SSSR count).